The first-order valence-corrected chi connectivity index (χ1v) is 9.53. The minimum absolute atomic E-state index is 0.00801. The topological polar surface area (TPSA) is 88.5 Å². The van der Waals surface area contributed by atoms with Crippen LogP contribution in [0.5, 0.6) is 0 Å². The van der Waals surface area contributed by atoms with Gasteiger partial charge in [-0.1, -0.05) is 44.2 Å². The molecule has 1 unspecified atom stereocenters. The molecule has 1 aliphatic heterocycles. The number of nitrogens with one attached hydrogen (secondary N) is 2. The number of aromatic nitrogens is 2. The van der Waals surface area contributed by atoms with E-state index in [-0.39, 0.29) is 30.4 Å². The molecule has 0 aliphatic carbocycles. The molecule has 3 rings (SSSR count). The molecule has 0 spiro atoms. The van der Waals surface area contributed by atoms with E-state index in [9.17, 15) is 9.59 Å². The molecule has 1 atom stereocenters. The first-order chi connectivity index (χ1) is 13.5. The molecule has 0 radical (unpaired) electrons. The molecule has 2 N–H and O–H groups in total. The Morgan fingerprint density at radius 3 is 2.57 bits per heavy atom. The molecule has 150 valence electrons. The Bertz CT molecular complexity index is 784. The van der Waals surface area contributed by atoms with Crippen LogP contribution in [0.3, 0.4) is 0 Å². The van der Waals surface area contributed by atoms with E-state index in [1.165, 1.54) is 4.68 Å². The highest BCUT2D eigenvalue weighted by molar-refractivity contribution is 5.89. The number of ether oxygens (including phenoxy) is 1. The standard InChI is InChI=1S/C20H27N5O3/c1-15(2)19(16-6-4-3-5-7-16)23-20(27)22-17-12-21-25(13-17)14-18(26)24-8-10-28-11-9-24/h3-7,12-13,15,19H,8-11,14H2,1-2H3,(H2,22,23,27). The van der Waals surface area contributed by atoms with Crippen molar-refractivity contribution in [2.45, 2.75) is 26.4 Å². The van der Waals surface area contributed by atoms with Gasteiger partial charge in [-0.15, -0.1) is 0 Å². The van der Waals surface area contributed by atoms with E-state index in [1.807, 2.05) is 30.3 Å². The van der Waals surface area contributed by atoms with Crippen LogP contribution >= 0.6 is 0 Å². The smallest absolute Gasteiger partial charge is 0.319 e. The second-order valence-electron chi connectivity index (χ2n) is 7.15. The molecule has 8 nitrogen and oxygen atoms in total. The van der Waals surface area contributed by atoms with Crippen LogP contribution in [-0.2, 0) is 16.1 Å². The van der Waals surface area contributed by atoms with Crippen molar-refractivity contribution in [1.82, 2.24) is 20.0 Å². The molecule has 1 aromatic heterocycles. The van der Waals surface area contributed by atoms with Gasteiger partial charge in [0.25, 0.3) is 0 Å². The van der Waals surface area contributed by atoms with E-state index in [0.717, 1.165) is 5.56 Å². The van der Waals surface area contributed by atoms with Gasteiger partial charge in [-0.05, 0) is 11.5 Å². The first-order valence-electron chi connectivity index (χ1n) is 9.53. The highest BCUT2D eigenvalue weighted by atomic mass is 16.5. The number of anilines is 1. The van der Waals surface area contributed by atoms with Gasteiger partial charge in [-0.25, -0.2) is 4.79 Å². The Balaban J connectivity index is 1.55. The quantitative estimate of drug-likeness (QED) is 0.798. The van der Waals surface area contributed by atoms with Crippen LogP contribution in [0, 0.1) is 5.92 Å². The molecule has 0 bridgehead atoms. The van der Waals surface area contributed by atoms with E-state index < -0.39 is 0 Å². The average Bonchev–Trinajstić information content (AvgIpc) is 3.13. The van der Waals surface area contributed by atoms with Crippen molar-refractivity contribution < 1.29 is 14.3 Å². The Hall–Kier alpha value is -2.87. The van der Waals surface area contributed by atoms with Crippen molar-refractivity contribution in [3.8, 4) is 0 Å². The van der Waals surface area contributed by atoms with Gasteiger partial charge in [0.2, 0.25) is 5.91 Å². The summed E-state index contributed by atoms with van der Waals surface area (Å²) in [4.78, 5) is 26.5. The predicted octanol–water partition coefficient (Wildman–Crippen LogP) is 2.26. The largest absolute Gasteiger partial charge is 0.378 e. The molecule has 0 saturated carbocycles. The van der Waals surface area contributed by atoms with E-state index in [4.69, 9.17) is 4.74 Å². The Morgan fingerprint density at radius 1 is 1.18 bits per heavy atom. The van der Waals surface area contributed by atoms with Crippen LogP contribution in [0.4, 0.5) is 10.5 Å². The molecular formula is C20H27N5O3. The summed E-state index contributed by atoms with van der Waals surface area (Å²) in [6, 6.07) is 9.47. The van der Waals surface area contributed by atoms with Gasteiger partial charge in [0.15, 0.2) is 0 Å². The van der Waals surface area contributed by atoms with Gasteiger partial charge in [0.1, 0.15) is 6.54 Å². The monoisotopic (exact) mass is 385 g/mol. The number of nitrogens with zero attached hydrogens (tertiary/aromatic N) is 3. The number of benzene rings is 1. The van der Waals surface area contributed by atoms with E-state index in [0.29, 0.717) is 32.0 Å². The van der Waals surface area contributed by atoms with Crippen LogP contribution in [0.1, 0.15) is 25.5 Å². The summed E-state index contributed by atoms with van der Waals surface area (Å²) in [5.74, 6) is 0.230. The lowest BCUT2D eigenvalue weighted by molar-refractivity contribution is -0.136. The summed E-state index contributed by atoms with van der Waals surface area (Å²) in [7, 11) is 0. The van der Waals surface area contributed by atoms with E-state index in [2.05, 4.69) is 29.6 Å². The SMILES string of the molecule is CC(C)C(NC(=O)Nc1cnn(CC(=O)N2CCOCC2)c1)c1ccccc1. The van der Waals surface area contributed by atoms with Crippen LogP contribution in [0.2, 0.25) is 0 Å². The maximum Gasteiger partial charge on any atom is 0.319 e. The second-order valence-corrected chi connectivity index (χ2v) is 7.15. The Morgan fingerprint density at radius 2 is 1.89 bits per heavy atom. The lowest BCUT2D eigenvalue weighted by Crippen LogP contribution is -2.42. The van der Waals surface area contributed by atoms with Crippen molar-refractivity contribution in [2.24, 2.45) is 5.92 Å². The summed E-state index contributed by atoms with van der Waals surface area (Å²) in [6.45, 7) is 6.60. The summed E-state index contributed by atoms with van der Waals surface area (Å²) in [5, 5.41) is 9.97. The highest BCUT2D eigenvalue weighted by Gasteiger charge is 2.19. The number of hydrogen-bond donors (Lipinski definition) is 2. The lowest BCUT2D eigenvalue weighted by atomic mass is 9.96. The third-order valence-electron chi connectivity index (χ3n) is 4.66. The van der Waals surface area contributed by atoms with Gasteiger partial charge in [0.05, 0.1) is 31.1 Å². The number of carbonyl (C=O) groups excluding carboxylic acids is 2. The molecule has 1 aromatic carbocycles. The fourth-order valence-corrected chi connectivity index (χ4v) is 3.17. The van der Waals surface area contributed by atoms with Gasteiger partial charge in [0, 0.05) is 19.3 Å². The van der Waals surface area contributed by atoms with Crippen LogP contribution in [0.15, 0.2) is 42.7 Å². The molecule has 8 heteroatoms. The van der Waals surface area contributed by atoms with Crippen molar-refractivity contribution >= 4 is 17.6 Å². The summed E-state index contributed by atoms with van der Waals surface area (Å²) in [6.07, 6.45) is 3.20. The Kier molecular flexibility index (Phi) is 6.65. The third kappa shape index (κ3) is 5.32. The van der Waals surface area contributed by atoms with Crippen LogP contribution < -0.4 is 10.6 Å². The number of amides is 3. The van der Waals surface area contributed by atoms with Crippen molar-refractivity contribution in [3.63, 3.8) is 0 Å². The summed E-state index contributed by atoms with van der Waals surface area (Å²) >= 11 is 0. The Labute approximate surface area is 164 Å². The van der Waals surface area contributed by atoms with E-state index >= 15 is 0 Å². The second kappa shape index (κ2) is 9.36. The zero-order chi connectivity index (χ0) is 19.9. The maximum atomic E-state index is 12.4. The molecule has 1 aliphatic rings. The van der Waals surface area contributed by atoms with Crippen molar-refractivity contribution in [1.29, 1.82) is 0 Å². The van der Waals surface area contributed by atoms with Gasteiger partial charge >= 0.3 is 6.03 Å². The minimum Gasteiger partial charge on any atom is -0.378 e. The van der Waals surface area contributed by atoms with Crippen LogP contribution in [0.25, 0.3) is 0 Å². The molecule has 2 aromatic rings. The predicted molar refractivity (Wildman–Crippen MR) is 106 cm³/mol. The zero-order valence-corrected chi connectivity index (χ0v) is 16.3. The fraction of sp³-hybridized carbons (Fsp3) is 0.450. The number of rotatable bonds is 6. The van der Waals surface area contributed by atoms with E-state index in [1.54, 1.807) is 17.3 Å². The first kappa shape index (κ1) is 19.9. The fourth-order valence-electron chi connectivity index (χ4n) is 3.17. The summed E-state index contributed by atoms with van der Waals surface area (Å²) in [5.41, 5.74) is 1.60. The van der Waals surface area contributed by atoms with Gasteiger partial charge in [-0.2, -0.15) is 5.10 Å². The number of hydrogen-bond acceptors (Lipinski definition) is 4. The summed E-state index contributed by atoms with van der Waals surface area (Å²) < 4.78 is 6.79. The number of carbonyl (C=O) groups is 2. The highest BCUT2D eigenvalue weighted by Crippen LogP contribution is 2.21. The van der Waals surface area contributed by atoms with Gasteiger partial charge < -0.3 is 20.3 Å². The van der Waals surface area contributed by atoms with Crippen LogP contribution in [-0.4, -0.2) is 52.9 Å². The molecule has 28 heavy (non-hydrogen) atoms. The zero-order valence-electron chi connectivity index (χ0n) is 16.3. The number of urea groups is 1. The average molecular weight is 385 g/mol. The molecular weight excluding hydrogens is 358 g/mol. The number of morpholine rings is 1. The van der Waals surface area contributed by atoms with Crippen molar-refractivity contribution in [3.05, 3.63) is 48.3 Å². The van der Waals surface area contributed by atoms with Crippen molar-refractivity contribution in [2.75, 3.05) is 31.6 Å². The normalized spacial score (nSPS) is 15.3. The minimum atomic E-state index is -0.304. The molecule has 2 heterocycles. The molecule has 3 amide bonds. The maximum absolute atomic E-state index is 12.4. The molecule has 1 fully saturated rings. The van der Waals surface area contributed by atoms with Gasteiger partial charge in [-0.3, -0.25) is 9.48 Å². The molecule has 1 saturated heterocycles. The third-order valence-corrected chi connectivity index (χ3v) is 4.66. The lowest BCUT2D eigenvalue weighted by Gasteiger charge is -2.26.